The van der Waals surface area contributed by atoms with E-state index in [0.29, 0.717) is 17.6 Å². The molecule has 2 aromatic rings. The van der Waals surface area contributed by atoms with Gasteiger partial charge in [-0.15, -0.1) is 10.2 Å². The average Bonchev–Trinajstić information content (AvgIpc) is 2.79. The van der Waals surface area contributed by atoms with Gasteiger partial charge in [0.15, 0.2) is 0 Å². The van der Waals surface area contributed by atoms with Crippen LogP contribution >= 0.6 is 22.9 Å². The number of carbonyl (C=O) groups is 1. The van der Waals surface area contributed by atoms with Gasteiger partial charge in [-0.05, 0) is 29.7 Å². The molecule has 0 N–H and O–H groups in total. The summed E-state index contributed by atoms with van der Waals surface area (Å²) in [6.07, 6.45) is 0.883. The Bertz CT molecular complexity index is 599. The Morgan fingerprint density at radius 2 is 2.17 bits per heavy atom. The molecule has 1 aliphatic heterocycles. The van der Waals surface area contributed by atoms with Crippen LogP contribution in [0.4, 0.5) is 0 Å². The van der Waals surface area contributed by atoms with E-state index in [-0.39, 0.29) is 5.91 Å². The molecule has 0 radical (unpaired) electrons. The van der Waals surface area contributed by atoms with Crippen molar-refractivity contribution in [1.82, 2.24) is 15.1 Å². The van der Waals surface area contributed by atoms with E-state index < -0.39 is 0 Å². The molecule has 0 saturated heterocycles. The highest BCUT2D eigenvalue weighted by Crippen LogP contribution is 2.22. The second kappa shape index (κ2) is 4.66. The van der Waals surface area contributed by atoms with Crippen molar-refractivity contribution in [1.29, 1.82) is 0 Å². The van der Waals surface area contributed by atoms with Crippen LogP contribution in [-0.2, 0) is 13.0 Å². The molecule has 1 amide bonds. The molecule has 92 valence electrons. The van der Waals surface area contributed by atoms with Gasteiger partial charge < -0.3 is 4.90 Å². The van der Waals surface area contributed by atoms with Crippen molar-refractivity contribution in [2.75, 3.05) is 6.54 Å². The van der Waals surface area contributed by atoms with E-state index in [1.807, 2.05) is 24.3 Å². The summed E-state index contributed by atoms with van der Waals surface area (Å²) in [5.74, 6) is 0.0585. The lowest BCUT2D eigenvalue weighted by atomic mass is 9.99. The highest BCUT2D eigenvalue weighted by atomic mass is 35.5. The topological polar surface area (TPSA) is 46.1 Å². The molecule has 0 saturated carbocycles. The van der Waals surface area contributed by atoms with Gasteiger partial charge in [0.2, 0.25) is 4.47 Å². The molecule has 0 fully saturated rings. The monoisotopic (exact) mass is 279 g/mol. The Morgan fingerprint density at radius 3 is 2.94 bits per heavy atom. The van der Waals surface area contributed by atoms with Crippen molar-refractivity contribution in [3.05, 3.63) is 44.9 Å². The largest absolute Gasteiger partial charge is 0.331 e. The van der Waals surface area contributed by atoms with Gasteiger partial charge in [-0.1, -0.05) is 29.5 Å². The second-order valence-corrected chi connectivity index (χ2v) is 5.73. The first kappa shape index (κ1) is 11.6. The van der Waals surface area contributed by atoms with E-state index in [0.717, 1.165) is 22.6 Å². The van der Waals surface area contributed by atoms with E-state index in [1.54, 1.807) is 4.90 Å². The number of hydrogen-bond donors (Lipinski definition) is 0. The van der Waals surface area contributed by atoms with Gasteiger partial charge in [0.05, 0.1) is 6.54 Å². The maximum Gasteiger partial charge on any atom is 0.254 e. The van der Waals surface area contributed by atoms with Crippen molar-refractivity contribution in [3.8, 4) is 0 Å². The number of carbonyl (C=O) groups excluding carboxylic acids is 1. The smallest absolute Gasteiger partial charge is 0.254 e. The van der Waals surface area contributed by atoms with Crippen LogP contribution in [0.2, 0.25) is 4.47 Å². The summed E-state index contributed by atoms with van der Waals surface area (Å²) in [5.41, 5.74) is 1.91. The zero-order valence-electron chi connectivity index (χ0n) is 9.47. The Kier molecular flexibility index (Phi) is 3.01. The minimum atomic E-state index is 0.0585. The second-order valence-electron chi connectivity index (χ2n) is 4.08. The van der Waals surface area contributed by atoms with Crippen molar-refractivity contribution in [2.45, 2.75) is 13.0 Å². The summed E-state index contributed by atoms with van der Waals surface area (Å²) in [4.78, 5) is 14.1. The predicted molar refractivity (Wildman–Crippen MR) is 69.8 cm³/mol. The normalized spacial score (nSPS) is 14.7. The molecule has 6 heteroatoms. The fraction of sp³-hybridized carbons (Fsp3) is 0.250. The van der Waals surface area contributed by atoms with Crippen molar-refractivity contribution < 1.29 is 4.79 Å². The molecule has 4 nitrogen and oxygen atoms in total. The number of benzene rings is 1. The minimum absolute atomic E-state index is 0.0585. The summed E-state index contributed by atoms with van der Waals surface area (Å²) >= 11 is 7.05. The van der Waals surface area contributed by atoms with Crippen LogP contribution in [-0.4, -0.2) is 27.5 Å². The van der Waals surface area contributed by atoms with E-state index in [4.69, 9.17) is 11.6 Å². The number of fused-ring (bicyclic) bond motifs is 1. The van der Waals surface area contributed by atoms with Crippen LogP contribution in [0.1, 0.15) is 20.9 Å². The van der Waals surface area contributed by atoms with Gasteiger partial charge in [-0.3, -0.25) is 4.79 Å². The zero-order chi connectivity index (χ0) is 12.5. The molecule has 0 unspecified atom stereocenters. The molecule has 0 spiro atoms. The quantitative estimate of drug-likeness (QED) is 0.848. The van der Waals surface area contributed by atoms with Gasteiger partial charge >= 0.3 is 0 Å². The van der Waals surface area contributed by atoms with Gasteiger partial charge in [0.25, 0.3) is 5.91 Å². The number of aromatic nitrogens is 2. The van der Waals surface area contributed by atoms with Crippen LogP contribution in [0, 0.1) is 0 Å². The van der Waals surface area contributed by atoms with Gasteiger partial charge in [0, 0.05) is 12.1 Å². The first-order valence-corrected chi connectivity index (χ1v) is 6.78. The molecule has 18 heavy (non-hydrogen) atoms. The Balaban J connectivity index is 1.82. The SMILES string of the molecule is O=C1c2ccccc2CCN1Cc1nnc(Cl)s1. The highest BCUT2D eigenvalue weighted by molar-refractivity contribution is 7.15. The van der Waals surface area contributed by atoms with Gasteiger partial charge in [-0.25, -0.2) is 0 Å². The maximum absolute atomic E-state index is 12.3. The molecule has 3 rings (SSSR count). The van der Waals surface area contributed by atoms with E-state index in [1.165, 1.54) is 11.3 Å². The molecule has 1 aromatic heterocycles. The lowest BCUT2D eigenvalue weighted by molar-refractivity contribution is 0.0726. The van der Waals surface area contributed by atoms with Crippen LogP contribution in [0.5, 0.6) is 0 Å². The van der Waals surface area contributed by atoms with E-state index in [2.05, 4.69) is 10.2 Å². The Labute approximate surface area is 113 Å². The van der Waals surface area contributed by atoms with Crippen LogP contribution < -0.4 is 0 Å². The first-order chi connectivity index (χ1) is 8.74. The lowest BCUT2D eigenvalue weighted by Gasteiger charge is -2.27. The first-order valence-electron chi connectivity index (χ1n) is 5.59. The number of nitrogens with zero attached hydrogens (tertiary/aromatic N) is 3. The highest BCUT2D eigenvalue weighted by Gasteiger charge is 2.24. The lowest BCUT2D eigenvalue weighted by Crippen LogP contribution is -2.36. The minimum Gasteiger partial charge on any atom is -0.331 e. The van der Waals surface area contributed by atoms with E-state index >= 15 is 0 Å². The molecule has 0 aliphatic carbocycles. The fourth-order valence-corrected chi connectivity index (χ4v) is 2.97. The number of hydrogen-bond acceptors (Lipinski definition) is 4. The third-order valence-electron chi connectivity index (χ3n) is 2.95. The van der Waals surface area contributed by atoms with Crippen LogP contribution in [0.3, 0.4) is 0 Å². The third kappa shape index (κ3) is 2.11. The maximum atomic E-state index is 12.3. The standard InChI is InChI=1S/C12H10ClN3OS/c13-12-15-14-10(18-12)7-16-6-5-8-3-1-2-4-9(8)11(16)17/h1-4H,5-7H2. The van der Waals surface area contributed by atoms with Crippen LogP contribution in [0.15, 0.2) is 24.3 Å². The van der Waals surface area contributed by atoms with Crippen molar-refractivity contribution in [2.24, 2.45) is 0 Å². The molecule has 0 atom stereocenters. The molecule has 1 aliphatic rings. The molecule has 2 heterocycles. The fourth-order valence-electron chi connectivity index (χ4n) is 2.09. The molecular formula is C12H10ClN3OS. The van der Waals surface area contributed by atoms with Crippen molar-refractivity contribution in [3.63, 3.8) is 0 Å². The summed E-state index contributed by atoms with van der Waals surface area (Å²) in [6, 6.07) is 7.73. The van der Waals surface area contributed by atoms with Crippen LogP contribution in [0.25, 0.3) is 0 Å². The molecule has 1 aromatic carbocycles. The Hall–Kier alpha value is -1.46. The third-order valence-corrected chi connectivity index (χ3v) is 3.96. The molecule has 0 bridgehead atoms. The predicted octanol–water partition coefficient (Wildman–Crippen LogP) is 2.39. The summed E-state index contributed by atoms with van der Waals surface area (Å²) < 4.78 is 0.412. The zero-order valence-corrected chi connectivity index (χ0v) is 11.0. The average molecular weight is 280 g/mol. The summed E-state index contributed by atoms with van der Waals surface area (Å²) in [5, 5.41) is 8.46. The number of amides is 1. The number of halogens is 1. The summed E-state index contributed by atoms with van der Waals surface area (Å²) in [7, 11) is 0. The molecular weight excluding hydrogens is 270 g/mol. The van der Waals surface area contributed by atoms with Gasteiger partial charge in [0.1, 0.15) is 5.01 Å². The van der Waals surface area contributed by atoms with Crippen molar-refractivity contribution >= 4 is 28.8 Å². The van der Waals surface area contributed by atoms with E-state index in [9.17, 15) is 4.79 Å². The van der Waals surface area contributed by atoms with Gasteiger partial charge in [-0.2, -0.15) is 0 Å². The Morgan fingerprint density at radius 1 is 1.33 bits per heavy atom. The number of rotatable bonds is 2. The summed E-state index contributed by atoms with van der Waals surface area (Å²) in [6.45, 7) is 1.20.